The van der Waals surface area contributed by atoms with Crippen LogP contribution in [0, 0.1) is 5.82 Å². The third-order valence-corrected chi connectivity index (χ3v) is 4.01. The summed E-state index contributed by atoms with van der Waals surface area (Å²) in [5, 5.41) is 2.73. The number of benzene rings is 2. The first kappa shape index (κ1) is 19.4. The molecule has 26 heavy (non-hydrogen) atoms. The summed E-state index contributed by atoms with van der Waals surface area (Å²) in [5.74, 6) is -1.13. The minimum absolute atomic E-state index is 0.0599. The molecule has 0 aromatic heterocycles. The second-order valence-corrected chi connectivity index (χ2v) is 5.82. The number of methoxy groups -OCH3 is 1. The maximum absolute atomic E-state index is 13.1. The van der Waals surface area contributed by atoms with Gasteiger partial charge in [0.2, 0.25) is 5.91 Å². The molecule has 0 heterocycles. The number of hydrogen-bond donors (Lipinski definition) is 1. The fourth-order valence-electron chi connectivity index (χ4n) is 2.64. The summed E-state index contributed by atoms with van der Waals surface area (Å²) < 4.78 is 17.9. The maximum atomic E-state index is 13.1. The van der Waals surface area contributed by atoms with E-state index in [1.54, 1.807) is 17.0 Å². The Labute approximate surface area is 152 Å². The topological polar surface area (TPSA) is 58.6 Å². The Balaban J connectivity index is 2.03. The molecule has 0 saturated carbocycles. The largest absolute Gasteiger partial charge is 0.467 e. The summed E-state index contributed by atoms with van der Waals surface area (Å²) in [6.45, 7) is 2.53. The number of rotatable bonds is 8. The van der Waals surface area contributed by atoms with E-state index in [9.17, 15) is 14.0 Å². The molecule has 0 bridgehead atoms. The number of hydrogen-bond acceptors (Lipinski definition) is 4. The Hall–Kier alpha value is -2.89. The molecule has 0 aliphatic heterocycles. The number of carbonyl (C=O) groups excluding carboxylic acids is 2. The van der Waals surface area contributed by atoms with Gasteiger partial charge in [0.25, 0.3) is 0 Å². The SMILES string of the molecule is CCN(CC(=O)NC(Cc1ccccc1)C(=O)OC)c1ccc(F)cc1. The number of ether oxygens (including phenoxy) is 1. The Morgan fingerprint density at radius 2 is 1.77 bits per heavy atom. The van der Waals surface area contributed by atoms with Crippen molar-refractivity contribution in [3.05, 3.63) is 66.0 Å². The molecule has 6 heteroatoms. The molecule has 0 saturated heterocycles. The van der Waals surface area contributed by atoms with Crippen LogP contribution in [0.2, 0.25) is 0 Å². The van der Waals surface area contributed by atoms with Crippen molar-refractivity contribution in [2.75, 3.05) is 25.1 Å². The average Bonchev–Trinajstić information content (AvgIpc) is 2.66. The van der Waals surface area contributed by atoms with Gasteiger partial charge in [0.1, 0.15) is 11.9 Å². The summed E-state index contributed by atoms with van der Waals surface area (Å²) in [4.78, 5) is 26.3. The first-order valence-electron chi connectivity index (χ1n) is 8.45. The maximum Gasteiger partial charge on any atom is 0.328 e. The van der Waals surface area contributed by atoms with Gasteiger partial charge < -0.3 is 15.0 Å². The summed E-state index contributed by atoms with van der Waals surface area (Å²) in [6, 6.07) is 14.6. The van der Waals surface area contributed by atoms with E-state index in [-0.39, 0.29) is 18.3 Å². The van der Waals surface area contributed by atoms with Crippen LogP contribution in [0.4, 0.5) is 10.1 Å². The van der Waals surface area contributed by atoms with E-state index in [0.29, 0.717) is 13.0 Å². The molecule has 0 aliphatic carbocycles. The van der Waals surface area contributed by atoms with Crippen LogP contribution in [0.1, 0.15) is 12.5 Å². The number of nitrogens with zero attached hydrogens (tertiary/aromatic N) is 1. The van der Waals surface area contributed by atoms with Gasteiger partial charge in [-0.1, -0.05) is 30.3 Å². The molecule has 0 spiro atoms. The number of halogens is 1. The smallest absolute Gasteiger partial charge is 0.328 e. The third-order valence-electron chi connectivity index (χ3n) is 4.01. The van der Waals surface area contributed by atoms with Crippen molar-refractivity contribution in [3.63, 3.8) is 0 Å². The van der Waals surface area contributed by atoms with Crippen molar-refractivity contribution < 1.29 is 18.7 Å². The second kappa shape index (κ2) is 9.56. The van der Waals surface area contributed by atoms with Gasteiger partial charge in [0.05, 0.1) is 13.7 Å². The normalized spacial score (nSPS) is 11.5. The van der Waals surface area contributed by atoms with E-state index in [4.69, 9.17) is 4.74 Å². The van der Waals surface area contributed by atoms with Crippen LogP contribution in [-0.2, 0) is 20.7 Å². The highest BCUT2D eigenvalue weighted by atomic mass is 19.1. The summed E-state index contributed by atoms with van der Waals surface area (Å²) in [5.41, 5.74) is 1.66. The van der Waals surface area contributed by atoms with Crippen LogP contribution < -0.4 is 10.2 Å². The standard InChI is InChI=1S/C20H23FN2O3/c1-3-23(17-11-9-16(21)10-12-17)14-19(24)22-18(20(25)26-2)13-15-7-5-4-6-8-15/h4-12,18H,3,13-14H2,1-2H3,(H,22,24). The highest BCUT2D eigenvalue weighted by Gasteiger charge is 2.22. The molecule has 0 aliphatic rings. The molecule has 0 radical (unpaired) electrons. The molecule has 2 rings (SSSR count). The highest BCUT2D eigenvalue weighted by molar-refractivity contribution is 5.87. The Bertz CT molecular complexity index is 720. The molecule has 5 nitrogen and oxygen atoms in total. The van der Waals surface area contributed by atoms with Crippen molar-refractivity contribution in [2.24, 2.45) is 0 Å². The number of likely N-dealkylation sites (N-methyl/N-ethyl adjacent to an activating group) is 1. The Morgan fingerprint density at radius 1 is 1.12 bits per heavy atom. The number of carbonyl (C=O) groups is 2. The van der Waals surface area contributed by atoms with Crippen molar-refractivity contribution >= 4 is 17.6 Å². The van der Waals surface area contributed by atoms with Gasteiger partial charge >= 0.3 is 5.97 Å². The fourth-order valence-corrected chi connectivity index (χ4v) is 2.64. The predicted octanol–water partition coefficient (Wildman–Crippen LogP) is 2.55. The third kappa shape index (κ3) is 5.58. The van der Waals surface area contributed by atoms with Crippen molar-refractivity contribution in [3.8, 4) is 0 Å². The summed E-state index contributed by atoms with van der Waals surface area (Å²) in [6.07, 6.45) is 0.349. The van der Waals surface area contributed by atoms with Gasteiger partial charge in [0.15, 0.2) is 0 Å². The van der Waals surface area contributed by atoms with E-state index < -0.39 is 12.0 Å². The Morgan fingerprint density at radius 3 is 2.35 bits per heavy atom. The van der Waals surface area contributed by atoms with E-state index in [1.807, 2.05) is 37.3 Å². The number of nitrogens with one attached hydrogen (secondary N) is 1. The van der Waals surface area contributed by atoms with Crippen molar-refractivity contribution in [1.82, 2.24) is 5.32 Å². The van der Waals surface area contributed by atoms with Gasteiger partial charge in [-0.05, 0) is 36.8 Å². The number of amides is 1. The molecule has 0 fully saturated rings. The fraction of sp³-hybridized carbons (Fsp3) is 0.300. The first-order valence-corrected chi connectivity index (χ1v) is 8.45. The van der Waals surface area contributed by atoms with E-state index in [0.717, 1.165) is 11.3 Å². The van der Waals surface area contributed by atoms with Gasteiger partial charge in [-0.3, -0.25) is 4.79 Å². The molecule has 2 aromatic rings. The van der Waals surface area contributed by atoms with E-state index in [1.165, 1.54) is 19.2 Å². The molecule has 1 amide bonds. The zero-order valence-corrected chi connectivity index (χ0v) is 14.9. The molecule has 2 aromatic carbocycles. The van der Waals surface area contributed by atoms with Crippen LogP contribution in [0.15, 0.2) is 54.6 Å². The van der Waals surface area contributed by atoms with Crippen LogP contribution in [-0.4, -0.2) is 38.1 Å². The monoisotopic (exact) mass is 358 g/mol. The lowest BCUT2D eigenvalue weighted by Crippen LogP contribution is -2.47. The lowest BCUT2D eigenvalue weighted by atomic mass is 10.1. The van der Waals surface area contributed by atoms with E-state index >= 15 is 0 Å². The van der Waals surface area contributed by atoms with Crippen LogP contribution in [0.25, 0.3) is 0 Å². The zero-order chi connectivity index (χ0) is 18.9. The molecular weight excluding hydrogens is 335 g/mol. The number of anilines is 1. The molecule has 138 valence electrons. The second-order valence-electron chi connectivity index (χ2n) is 5.82. The minimum atomic E-state index is -0.762. The van der Waals surface area contributed by atoms with Crippen LogP contribution in [0.5, 0.6) is 0 Å². The highest BCUT2D eigenvalue weighted by Crippen LogP contribution is 2.14. The summed E-state index contributed by atoms with van der Waals surface area (Å²) in [7, 11) is 1.29. The minimum Gasteiger partial charge on any atom is -0.467 e. The molecular formula is C20H23FN2O3. The lowest BCUT2D eigenvalue weighted by Gasteiger charge is -2.24. The van der Waals surface area contributed by atoms with Crippen LogP contribution in [0.3, 0.4) is 0 Å². The molecule has 1 atom stereocenters. The lowest BCUT2D eigenvalue weighted by molar-refractivity contribution is -0.144. The quantitative estimate of drug-likeness (QED) is 0.737. The van der Waals surface area contributed by atoms with Gasteiger partial charge in [-0.25, -0.2) is 9.18 Å². The Kier molecular flexibility index (Phi) is 7.14. The predicted molar refractivity (Wildman–Crippen MR) is 98.4 cm³/mol. The van der Waals surface area contributed by atoms with Crippen molar-refractivity contribution in [1.29, 1.82) is 0 Å². The van der Waals surface area contributed by atoms with E-state index in [2.05, 4.69) is 5.32 Å². The van der Waals surface area contributed by atoms with Gasteiger partial charge in [0, 0.05) is 18.7 Å². The first-order chi connectivity index (χ1) is 12.5. The molecule has 1 N–H and O–H groups in total. The summed E-state index contributed by atoms with van der Waals surface area (Å²) >= 11 is 0. The van der Waals surface area contributed by atoms with Crippen molar-refractivity contribution in [2.45, 2.75) is 19.4 Å². The van der Waals surface area contributed by atoms with Gasteiger partial charge in [-0.2, -0.15) is 0 Å². The molecule has 1 unspecified atom stereocenters. The number of esters is 1. The van der Waals surface area contributed by atoms with Crippen LogP contribution >= 0.6 is 0 Å². The average molecular weight is 358 g/mol. The van der Waals surface area contributed by atoms with Gasteiger partial charge in [-0.15, -0.1) is 0 Å². The zero-order valence-electron chi connectivity index (χ0n) is 14.9.